The van der Waals surface area contributed by atoms with Gasteiger partial charge in [-0.2, -0.15) is 0 Å². The summed E-state index contributed by atoms with van der Waals surface area (Å²) in [7, 11) is 0. The van der Waals surface area contributed by atoms with E-state index < -0.39 is 0 Å². The van der Waals surface area contributed by atoms with Gasteiger partial charge in [0.15, 0.2) is 17.5 Å². The molecular weight excluding hydrogens is 669 g/mol. The molecule has 9 aromatic carbocycles. The molecule has 55 heavy (non-hydrogen) atoms. The van der Waals surface area contributed by atoms with Gasteiger partial charge in [-0.1, -0.05) is 176 Å². The zero-order chi connectivity index (χ0) is 36.3. The highest BCUT2D eigenvalue weighted by Gasteiger charge is 2.22. The van der Waals surface area contributed by atoms with Gasteiger partial charge in [0.2, 0.25) is 0 Å². The van der Waals surface area contributed by atoms with Crippen molar-refractivity contribution in [2.45, 2.75) is 0 Å². The van der Waals surface area contributed by atoms with Gasteiger partial charge in [-0.3, -0.25) is 0 Å². The van der Waals surface area contributed by atoms with Crippen LogP contribution >= 0.6 is 0 Å². The lowest BCUT2D eigenvalue weighted by molar-refractivity contribution is 1.07. The molecule has 0 atom stereocenters. The minimum absolute atomic E-state index is 0.622. The van der Waals surface area contributed by atoms with E-state index in [1.807, 2.05) is 36.4 Å². The third-order valence-corrected chi connectivity index (χ3v) is 10.8. The van der Waals surface area contributed by atoms with Crippen molar-refractivity contribution in [3.05, 3.63) is 194 Å². The monoisotopic (exact) mass is 700 g/mol. The molecule has 4 nitrogen and oxygen atoms in total. The van der Waals surface area contributed by atoms with Crippen molar-refractivity contribution in [1.29, 1.82) is 0 Å². The fraction of sp³-hybridized carbons (Fsp3) is 0. The van der Waals surface area contributed by atoms with Crippen molar-refractivity contribution < 1.29 is 0 Å². The lowest BCUT2D eigenvalue weighted by Gasteiger charge is -2.19. The Bertz CT molecular complexity index is 3180. The first-order valence-electron chi connectivity index (χ1n) is 18.6. The second kappa shape index (κ2) is 12.6. The van der Waals surface area contributed by atoms with Gasteiger partial charge in [-0.05, 0) is 50.7 Å². The van der Waals surface area contributed by atoms with Crippen LogP contribution in [0.1, 0.15) is 0 Å². The summed E-state index contributed by atoms with van der Waals surface area (Å²) in [5.74, 6) is 1.90. The van der Waals surface area contributed by atoms with Crippen LogP contribution in [0, 0.1) is 0 Å². The van der Waals surface area contributed by atoms with E-state index >= 15 is 0 Å². The molecule has 0 bridgehead atoms. The average molecular weight is 701 g/mol. The molecule has 0 fully saturated rings. The fourth-order valence-corrected chi connectivity index (χ4v) is 8.37. The average Bonchev–Trinajstić information content (AvgIpc) is 3.61. The predicted molar refractivity (Wildman–Crippen MR) is 228 cm³/mol. The van der Waals surface area contributed by atoms with Crippen LogP contribution in [0.2, 0.25) is 0 Å². The molecule has 0 aliphatic heterocycles. The van der Waals surface area contributed by atoms with Gasteiger partial charge in [0.1, 0.15) is 0 Å². The minimum Gasteiger partial charge on any atom is -0.308 e. The molecule has 0 aliphatic rings. The molecule has 0 amide bonds. The second-order valence-electron chi connectivity index (χ2n) is 14.0. The standard InChI is InChI=1S/C51H32N4/c1-4-17-33(18-5-1)37-28-16-29-43-41-26-14-15-30-45(41)55(48(37)43)46-32-36(31-44-40-25-11-10-23-38(40)39-24-12-13-27-42(39)47(44)46)51-53-49(34-19-6-2-7-20-34)52-50(54-51)35-21-8-3-9-22-35/h1-32H. The van der Waals surface area contributed by atoms with Crippen molar-refractivity contribution in [1.82, 2.24) is 19.5 Å². The van der Waals surface area contributed by atoms with Gasteiger partial charge < -0.3 is 4.57 Å². The molecule has 256 valence electrons. The molecule has 0 aliphatic carbocycles. The van der Waals surface area contributed by atoms with Crippen LogP contribution in [-0.4, -0.2) is 19.5 Å². The van der Waals surface area contributed by atoms with E-state index in [2.05, 4.69) is 162 Å². The first kappa shape index (κ1) is 31.1. The summed E-state index contributed by atoms with van der Waals surface area (Å²) < 4.78 is 2.48. The van der Waals surface area contributed by atoms with E-state index in [4.69, 9.17) is 15.0 Å². The number of fused-ring (bicyclic) bond motifs is 9. The summed E-state index contributed by atoms with van der Waals surface area (Å²) >= 11 is 0. The normalized spacial score (nSPS) is 11.6. The molecule has 2 heterocycles. The zero-order valence-electron chi connectivity index (χ0n) is 29.8. The molecule has 0 N–H and O–H groups in total. The second-order valence-corrected chi connectivity index (χ2v) is 14.0. The van der Waals surface area contributed by atoms with Crippen molar-refractivity contribution in [2.24, 2.45) is 0 Å². The number of para-hydroxylation sites is 2. The minimum atomic E-state index is 0.622. The van der Waals surface area contributed by atoms with Crippen LogP contribution in [0.3, 0.4) is 0 Å². The number of aromatic nitrogens is 4. The van der Waals surface area contributed by atoms with Gasteiger partial charge in [0, 0.05) is 38.4 Å². The van der Waals surface area contributed by atoms with Gasteiger partial charge in [-0.25, -0.2) is 15.0 Å². The van der Waals surface area contributed by atoms with Crippen LogP contribution < -0.4 is 0 Å². The smallest absolute Gasteiger partial charge is 0.164 e. The lowest BCUT2D eigenvalue weighted by Crippen LogP contribution is -2.02. The summed E-state index contributed by atoms with van der Waals surface area (Å²) in [5, 5.41) is 9.57. The third kappa shape index (κ3) is 5.03. The van der Waals surface area contributed by atoms with Crippen molar-refractivity contribution in [3.63, 3.8) is 0 Å². The first-order chi connectivity index (χ1) is 27.3. The van der Waals surface area contributed by atoms with Crippen LogP contribution in [0.4, 0.5) is 0 Å². The highest BCUT2D eigenvalue weighted by atomic mass is 15.0. The Labute approximate surface area is 317 Å². The Morgan fingerprint density at radius 1 is 0.309 bits per heavy atom. The Hall–Kier alpha value is -7.43. The van der Waals surface area contributed by atoms with E-state index in [-0.39, 0.29) is 0 Å². The molecule has 2 aromatic heterocycles. The number of benzene rings is 9. The Morgan fingerprint density at radius 3 is 1.38 bits per heavy atom. The Kier molecular flexibility index (Phi) is 7.14. The molecule has 11 aromatic rings. The molecule has 11 rings (SSSR count). The van der Waals surface area contributed by atoms with Crippen LogP contribution in [0.25, 0.3) is 105 Å². The molecule has 0 radical (unpaired) electrons. The summed E-state index contributed by atoms with van der Waals surface area (Å²) in [5.41, 5.74) is 8.53. The van der Waals surface area contributed by atoms with Crippen molar-refractivity contribution in [2.75, 3.05) is 0 Å². The van der Waals surface area contributed by atoms with Crippen molar-refractivity contribution >= 4 is 54.1 Å². The number of hydrogen-bond donors (Lipinski definition) is 0. The topological polar surface area (TPSA) is 43.6 Å². The van der Waals surface area contributed by atoms with Gasteiger partial charge >= 0.3 is 0 Å². The molecule has 0 saturated heterocycles. The number of hydrogen-bond acceptors (Lipinski definition) is 3. The molecule has 4 heteroatoms. The van der Waals surface area contributed by atoms with Gasteiger partial charge in [0.05, 0.1) is 16.7 Å². The van der Waals surface area contributed by atoms with E-state index in [0.717, 1.165) is 38.8 Å². The van der Waals surface area contributed by atoms with Crippen LogP contribution in [0.15, 0.2) is 194 Å². The van der Waals surface area contributed by atoms with Gasteiger partial charge in [0.25, 0.3) is 0 Å². The molecule has 0 saturated carbocycles. The predicted octanol–water partition coefficient (Wildman–Crippen LogP) is 13.1. The highest BCUT2D eigenvalue weighted by molar-refractivity contribution is 6.28. The quantitative estimate of drug-likeness (QED) is 0.168. The first-order valence-corrected chi connectivity index (χ1v) is 18.6. The van der Waals surface area contributed by atoms with Crippen LogP contribution in [-0.2, 0) is 0 Å². The summed E-state index contributed by atoms with van der Waals surface area (Å²) in [6.07, 6.45) is 0. The van der Waals surface area contributed by atoms with E-state index in [1.165, 1.54) is 48.8 Å². The lowest BCUT2D eigenvalue weighted by atomic mass is 9.91. The SMILES string of the molecule is c1ccc(-c2nc(-c3ccccc3)nc(-c3cc(-n4c5ccccc5c5cccc(-c6ccccc6)c54)c4c5ccccc5c5ccccc5c4c3)n2)cc1. The Morgan fingerprint density at radius 2 is 0.764 bits per heavy atom. The Balaban J connectivity index is 1.33. The molecule has 0 unspecified atom stereocenters. The summed E-state index contributed by atoms with van der Waals surface area (Å²) in [4.78, 5) is 15.5. The molecule has 0 spiro atoms. The maximum absolute atomic E-state index is 5.23. The zero-order valence-corrected chi connectivity index (χ0v) is 29.8. The number of nitrogens with zero attached hydrogens (tertiary/aromatic N) is 4. The highest BCUT2D eigenvalue weighted by Crippen LogP contribution is 2.45. The van der Waals surface area contributed by atoms with Crippen molar-refractivity contribution in [3.8, 4) is 51.0 Å². The maximum atomic E-state index is 5.23. The largest absolute Gasteiger partial charge is 0.308 e. The van der Waals surface area contributed by atoms with Crippen LogP contribution in [0.5, 0.6) is 0 Å². The summed E-state index contributed by atoms with van der Waals surface area (Å²) in [6.45, 7) is 0. The van der Waals surface area contributed by atoms with E-state index in [1.54, 1.807) is 0 Å². The maximum Gasteiger partial charge on any atom is 0.164 e. The van der Waals surface area contributed by atoms with E-state index in [9.17, 15) is 0 Å². The number of rotatable bonds is 5. The third-order valence-electron chi connectivity index (χ3n) is 10.8. The van der Waals surface area contributed by atoms with E-state index in [0.29, 0.717) is 17.5 Å². The molecular formula is C51H32N4. The summed E-state index contributed by atoms with van der Waals surface area (Å²) in [6, 6.07) is 68.7. The fourth-order valence-electron chi connectivity index (χ4n) is 8.37. The van der Waals surface area contributed by atoms with Gasteiger partial charge in [-0.15, -0.1) is 0 Å².